The second-order valence-corrected chi connectivity index (χ2v) is 20.5. The summed E-state index contributed by atoms with van der Waals surface area (Å²) in [5.41, 5.74) is 0.458. The zero-order valence-corrected chi connectivity index (χ0v) is 22.5. The van der Waals surface area contributed by atoms with Crippen molar-refractivity contribution in [3.8, 4) is 0 Å². The molecule has 0 spiro atoms. The lowest BCUT2D eigenvalue weighted by Gasteiger charge is -2.48. The van der Waals surface area contributed by atoms with Crippen molar-refractivity contribution in [1.82, 2.24) is 0 Å². The average Bonchev–Trinajstić information content (AvgIpc) is 2.94. The standard InChI is InChI=1S/C22H44O5Si2/c1-15(2)29(16(3)4,17(5)6)27-28(10,11)14-19-13-22(12-18(19)7,20(23)25-8)21(24)26-9/h15-19H,12-14H2,1-11H3/t18-,19+/m0/s1. The molecule has 0 aromatic rings. The number of hydrogen-bond donors (Lipinski definition) is 0. The van der Waals surface area contributed by atoms with Crippen molar-refractivity contribution in [2.75, 3.05) is 14.2 Å². The molecule has 1 saturated carbocycles. The van der Waals surface area contributed by atoms with Gasteiger partial charge >= 0.3 is 11.9 Å². The Kier molecular flexibility index (Phi) is 8.77. The van der Waals surface area contributed by atoms with E-state index in [0.717, 1.165) is 6.04 Å². The quantitative estimate of drug-likeness (QED) is 0.257. The monoisotopic (exact) mass is 444 g/mol. The highest BCUT2D eigenvalue weighted by molar-refractivity contribution is 6.88. The first-order chi connectivity index (χ1) is 13.2. The van der Waals surface area contributed by atoms with Crippen LogP contribution < -0.4 is 0 Å². The zero-order chi connectivity index (χ0) is 22.8. The van der Waals surface area contributed by atoms with Crippen molar-refractivity contribution < 1.29 is 23.2 Å². The third kappa shape index (κ3) is 5.16. The van der Waals surface area contributed by atoms with E-state index >= 15 is 0 Å². The summed E-state index contributed by atoms with van der Waals surface area (Å²) in [4.78, 5) is 25.1. The van der Waals surface area contributed by atoms with Crippen LogP contribution in [-0.4, -0.2) is 42.8 Å². The summed E-state index contributed by atoms with van der Waals surface area (Å²) in [6.45, 7) is 20.6. The van der Waals surface area contributed by atoms with Gasteiger partial charge in [0.1, 0.15) is 0 Å². The van der Waals surface area contributed by atoms with Crippen molar-refractivity contribution >= 4 is 28.6 Å². The van der Waals surface area contributed by atoms with Crippen LogP contribution >= 0.6 is 0 Å². The summed E-state index contributed by atoms with van der Waals surface area (Å²) in [7, 11) is -1.30. The number of methoxy groups -OCH3 is 2. The summed E-state index contributed by atoms with van der Waals surface area (Å²) in [5, 5.41) is 0. The molecule has 0 bridgehead atoms. The molecule has 1 aliphatic rings. The highest BCUT2D eigenvalue weighted by atomic mass is 28.4. The number of rotatable bonds is 9. The SMILES string of the molecule is COC(=O)C1(C(=O)OC)C[C@H](C[Si](C)(C)O[Si](C(C)C)(C(C)C)C(C)C)[C@@H](C)C1. The fraction of sp³-hybridized carbons (Fsp3) is 0.909. The number of esters is 2. The third-order valence-electron chi connectivity index (χ3n) is 7.15. The maximum atomic E-state index is 12.6. The first kappa shape index (κ1) is 26.4. The Hall–Kier alpha value is -0.666. The molecule has 0 radical (unpaired) electrons. The first-order valence-electron chi connectivity index (χ1n) is 11.1. The van der Waals surface area contributed by atoms with Gasteiger partial charge in [0.15, 0.2) is 22.0 Å². The third-order valence-corrected chi connectivity index (χ3v) is 17.7. The van der Waals surface area contributed by atoms with Crippen molar-refractivity contribution in [2.45, 2.75) is 97.1 Å². The smallest absolute Gasteiger partial charge is 0.323 e. The first-order valence-corrected chi connectivity index (χ1v) is 16.3. The minimum Gasteiger partial charge on any atom is -0.468 e. The second kappa shape index (κ2) is 9.64. The summed E-state index contributed by atoms with van der Waals surface area (Å²) < 4.78 is 17.2. The van der Waals surface area contributed by atoms with Crippen LogP contribution in [0.5, 0.6) is 0 Å². The lowest BCUT2D eigenvalue weighted by atomic mass is 9.85. The van der Waals surface area contributed by atoms with E-state index < -0.39 is 34.0 Å². The molecule has 1 rings (SSSR count). The number of carbonyl (C=O) groups excluding carboxylic acids is 2. The topological polar surface area (TPSA) is 61.8 Å². The Morgan fingerprint density at radius 2 is 1.31 bits per heavy atom. The molecule has 1 aliphatic carbocycles. The number of hydrogen-bond acceptors (Lipinski definition) is 5. The van der Waals surface area contributed by atoms with Crippen LogP contribution in [0.1, 0.15) is 61.3 Å². The molecule has 0 amide bonds. The number of carbonyl (C=O) groups is 2. The molecular weight excluding hydrogens is 400 g/mol. The van der Waals surface area contributed by atoms with Gasteiger partial charge in [-0.25, -0.2) is 0 Å². The summed E-state index contributed by atoms with van der Waals surface area (Å²) >= 11 is 0. The van der Waals surface area contributed by atoms with Crippen LogP contribution in [0.25, 0.3) is 0 Å². The average molecular weight is 445 g/mol. The van der Waals surface area contributed by atoms with Crippen LogP contribution in [0.3, 0.4) is 0 Å². The predicted molar refractivity (Wildman–Crippen MR) is 123 cm³/mol. The predicted octanol–water partition coefficient (Wildman–Crippen LogP) is 5.76. The molecule has 170 valence electrons. The van der Waals surface area contributed by atoms with Crippen LogP contribution in [0.4, 0.5) is 0 Å². The van der Waals surface area contributed by atoms with Gasteiger partial charge in [-0.1, -0.05) is 48.5 Å². The van der Waals surface area contributed by atoms with Crippen LogP contribution in [0.15, 0.2) is 0 Å². The Morgan fingerprint density at radius 1 is 0.897 bits per heavy atom. The Labute approximate surface area is 180 Å². The molecule has 2 atom stereocenters. The van der Waals surface area contributed by atoms with Crippen LogP contribution in [-0.2, 0) is 23.2 Å². The Bertz CT molecular complexity index is 548. The summed E-state index contributed by atoms with van der Waals surface area (Å²) in [5.74, 6) is -0.423. The maximum Gasteiger partial charge on any atom is 0.323 e. The van der Waals surface area contributed by atoms with Gasteiger partial charge in [0.05, 0.1) is 14.2 Å². The molecular formula is C22H44O5Si2. The molecule has 29 heavy (non-hydrogen) atoms. The largest absolute Gasteiger partial charge is 0.468 e. The second-order valence-electron chi connectivity index (χ2n) is 10.6. The summed E-state index contributed by atoms with van der Waals surface area (Å²) in [6.07, 6.45) is 0.982. The fourth-order valence-electron chi connectivity index (χ4n) is 6.03. The molecule has 1 fully saturated rings. The lowest BCUT2D eigenvalue weighted by molar-refractivity contribution is -0.169. The van der Waals surface area contributed by atoms with Gasteiger partial charge in [0, 0.05) is 0 Å². The van der Waals surface area contributed by atoms with E-state index in [9.17, 15) is 9.59 Å². The van der Waals surface area contributed by atoms with Gasteiger partial charge < -0.3 is 13.6 Å². The molecule has 0 aromatic carbocycles. The van der Waals surface area contributed by atoms with E-state index in [1.165, 1.54) is 14.2 Å². The highest BCUT2D eigenvalue weighted by Crippen LogP contribution is 2.51. The van der Waals surface area contributed by atoms with Crippen molar-refractivity contribution in [1.29, 1.82) is 0 Å². The lowest BCUT2D eigenvalue weighted by Crippen LogP contribution is -2.55. The van der Waals surface area contributed by atoms with E-state index in [1.807, 2.05) is 0 Å². The van der Waals surface area contributed by atoms with Gasteiger partial charge in [0.2, 0.25) is 0 Å². The minimum atomic E-state index is -2.03. The Balaban J connectivity index is 3.15. The summed E-state index contributed by atoms with van der Waals surface area (Å²) in [6, 6.07) is 0.949. The molecule has 0 aromatic heterocycles. The molecule has 0 heterocycles. The van der Waals surface area contributed by atoms with Gasteiger partial charge in [0.25, 0.3) is 0 Å². The van der Waals surface area contributed by atoms with E-state index in [-0.39, 0.29) is 11.8 Å². The van der Waals surface area contributed by atoms with E-state index in [1.54, 1.807) is 0 Å². The van der Waals surface area contributed by atoms with Crippen LogP contribution in [0, 0.1) is 17.3 Å². The van der Waals surface area contributed by atoms with Gasteiger partial charge in [-0.3, -0.25) is 9.59 Å². The van der Waals surface area contributed by atoms with E-state index in [0.29, 0.717) is 29.5 Å². The number of ether oxygens (including phenoxy) is 2. The molecule has 0 aliphatic heterocycles. The molecule has 5 nitrogen and oxygen atoms in total. The van der Waals surface area contributed by atoms with Crippen molar-refractivity contribution in [2.24, 2.45) is 17.3 Å². The van der Waals surface area contributed by atoms with E-state index in [2.05, 4.69) is 61.6 Å². The molecule has 0 N–H and O–H groups in total. The Morgan fingerprint density at radius 3 is 1.66 bits per heavy atom. The molecule has 7 heteroatoms. The van der Waals surface area contributed by atoms with Gasteiger partial charge in [-0.05, 0) is 60.4 Å². The zero-order valence-electron chi connectivity index (χ0n) is 20.5. The normalized spacial score (nSPS) is 22.4. The van der Waals surface area contributed by atoms with Crippen molar-refractivity contribution in [3.05, 3.63) is 0 Å². The van der Waals surface area contributed by atoms with Gasteiger partial charge in [-0.15, -0.1) is 0 Å². The minimum absolute atomic E-state index is 0.247. The molecule has 0 unspecified atom stereocenters. The highest BCUT2D eigenvalue weighted by Gasteiger charge is 2.57. The van der Waals surface area contributed by atoms with Crippen LogP contribution in [0.2, 0.25) is 35.8 Å². The van der Waals surface area contributed by atoms with E-state index in [4.69, 9.17) is 13.6 Å². The van der Waals surface area contributed by atoms with Crippen molar-refractivity contribution in [3.63, 3.8) is 0 Å². The van der Waals surface area contributed by atoms with Gasteiger partial charge in [-0.2, -0.15) is 0 Å². The fourth-order valence-corrected chi connectivity index (χ4v) is 18.8. The maximum absolute atomic E-state index is 12.6. The molecule has 0 saturated heterocycles.